The Kier molecular flexibility index (Phi) is 5.26. The summed E-state index contributed by atoms with van der Waals surface area (Å²) in [4.78, 5) is 28.5. The molecule has 2 aliphatic rings. The standard InChI is InChI=1S/C22H28N4O4/c1-22(2,3)30-21(29)26(14-4-5-14)15-9-12-25(13-10-15)18-7-6-17(20(27)28)19-16(18)8-11-23-24-19/h6-8,11,14-15H,4-5,9-10,12-13H2,1-3H3,(H,27,28). The average Bonchev–Trinajstić information content (AvgIpc) is 3.51. The van der Waals surface area contributed by atoms with E-state index in [2.05, 4.69) is 15.1 Å². The molecule has 0 atom stereocenters. The molecule has 0 spiro atoms. The van der Waals surface area contributed by atoms with E-state index < -0.39 is 11.6 Å². The molecule has 1 saturated carbocycles. The predicted molar refractivity (Wildman–Crippen MR) is 113 cm³/mol. The van der Waals surface area contributed by atoms with Crippen molar-refractivity contribution in [1.82, 2.24) is 15.1 Å². The minimum atomic E-state index is -1.01. The molecule has 0 radical (unpaired) electrons. The second kappa shape index (κ2) is 7.74. The van der Waals surface area contributed by atoms with Gasteiger partial charge in [-0.25, -0.2) is 9.59 Å². The van der Waals surface area contributed by atoms with Gasteiger partial charge in [-0.1, -0.05) is 0 Å². The molecule has 1 amide bonds. The molecular weight excluding hydrogens is 384 g/mol. The van der Waals surface area contributed by atoms with Crippen molar-refractivity contribution in [3.8, 4) is 0 Å². The number of benzene rings is 1. The normalized spacial score (nSPS) is 17.8. The Morgan fingerprint density at radius 1 is 1.10 bits per heavy atom. The highest BCUT2D eigenvalue weighted by Gasteiger charge is 2.40. The van der Waals surface area contributed by atoms with Crippen molar-refractivity contribution in [3.05, 3.63) is 30.0 Å². The van der Waals surface area contributed by atoms with Gasteiger partial charge in [-0.05, 0) is 64.7 Å². The van der Waals surface area contributed by atoms with E-state index in [4.69, 9.17) is 4.74 Å². The van der Waals surface area contributed by atoms with Gasteiger partial charge in [0, 0.05) is 36.2 Å². The van der Waals surface area contributed by atoms with E-state index in [9.17, 15) is 14.7 Å². The molecule has 2 aromatic rings. The first-order valence-corrected chi connectivity index (χ1v) is 10.5. The third-order valence-corrected chi connectivity index (χ3v) is 5.63. The van der Waals surface area contributed by atoms with Crippen LogP contribution in [0.15, 0.2) is 24.4 Å². The van der Waals surface area contributed by atoms with Crippen LogP contribution in [0.2, 0.25) is 0 Å². The van der Waals surface area contributed by atoms with Crippen LogP contribution in [-0.2, 0) is 4.74 Å². The van der Waals surface area contributed by atoms with Gasteiger partial charge in [-0.15, -0.1) is 5.10 Å². The lowest BCUT2D eigenvalue weighted by atomic mass is 10.0. The first-order chi connectivity index (χ1) is 14.2. The van der Waals surface area contributed by atoms with E-state index in [1.165, 1.54) is 0 Å². The summed E-state index contributed by atoms with van der Waals surface area (Å²) in [6.07, 6.45) is 5.14. The number of ether oxygens (including phenoxy) is 1. The minimum absolute atomic E-state index is 0.154. The first-order valence-electron chi connectivity index (χ1n) is 10.5. The Bertz CT molecular complexity index is 959. The zero-order valence-corrected chi connectivity index (χ0v) is 17.7. The Labute approximate surface area is 175 Å². The lowest BCUT2D eigenvalue weighted by Gasteiger charge is -2.40. The Hall–Kier alpha value is -2.90. The van der Waals surface area contributed by atoms with Gasteiger partial charge in [0.15, 0.2) is 0 Å². The van der Waals surface area contributed by atoms with Crippen LogP contribution in [0.1, 0.15) is 56.8 Å². The predicted octanol–water partition coefficient (Wildman–Crippen LogP) is 3.70. The number of carboxylic acids is 1. The van der Waals surface area contributed by atoms with Crippen molar-refractivity contribution in [2.24, 2.45) is 0 Å². The van der Waals surface area contributed by atoms with E-state index in [1.54, 1.807) is 12.3 Å². The van der Waals surface area contributed by atoms with E-state index in [1.807, 2.05) is 37.8 Å². The monoisotopic (exact) mass is 412 g/mol. The Morgan fingerprint density at radius 2 is 1.77 bits per heavy atom. The third-order valence-electron chi connectivity index (χ3n) is 5.63. The van der Waals surface area contributed by atoms with Crippen LogP contribution in [0.4, 0.5) is 10.5 Å². The number of carboxylic acid groups (broad SMARTS) is 1. The number of amides is 1. The number of rotatable bonds is 4. The van der Waals surface area contributed by atoms with Crippen molar-refractivity contribution in [2.75, 3.05) is 18.0 Å². The first kappa shape index (κ1) is 20.4. The topological polar surface area (TPSA) is 95.9 Å². The summed E-state index contributed by atoms with van der Waals surface area (Å²) in [5.74, 6) is -1.01. The molecule has 2 heterocycles. The zero-order valence-electron chi connectivity index (χ0n) is 17.7. The molecule has 1 aromatic heterocycles. The van der Waals surface area contributed by atoms with Crippen molar-refractivity contribution >= 4 is 28.7 Å². The third kappa shape index (κ3) is 4.17. The van der Waals surface area contributed by atoms with Crippen LogP contribution in [0, 0.1) is 0 Å². The summed E-state index contributed by atoms with van der Waals surface area (Å²) < 4.78 is 5.66. The Morgan fingerprint density at radius 3 is 2.37 bits per heavy atom. The van der Waals surface area contributed by atoms with Gasteiger partial charge in [0.25, 0.3) is 0 Å². The van der Waals surface area contributed by atoms with Gasteiger partial charge in [-0.3, -0.25) is 0 Å². The highest BCUT2D eigenvalue weighted by Crippen LogP contribution is 2.35. The van der Waals surface area contributed by atoms with Crippen molar-refractivity contribution in [3.63, 3.8) is 0 Å². The number of carbonyl (C=O) groups is 2. The fourth-order valence-electron chi connectivity index (χ4n) is 4.17. The quantitative estimate of drug-likeness (QED) is 0.818. The molecule has 0 unspecified atom stereocenters. The molecule has 1 N–H and O–H groups in total. The van der Waals surface area contributed by atoms with Gasteiger partial charge in [0.05, 0.1) is 11.8 Å². The number of piperidine rings is 1. The number of aromatic nitrogens is 2. The maximum absolute atomic E-state index is 12.8. The maximum atomic E-state index is 12.8. The van der Waals surface area contributed by atoms with E-state index in [-0.39, 0.29) is 17.7 Å². The van der Waals surface area contributed by atoms with Crippen molar-refractivity contribution in [2.45, 2.75) is 64.1 Å². The van der Waals surface area contributed by atoms with E-state index in [0.717, 1.165) is 49.8 Å². The minimum Gasteiger partial charge on any atom is -0.478 e. The van der Waals surface area contributed by atoms with Crippen LogP contribution in [0.25, 0.3) is 10.9 Å². The fourth-order valence-corrected chi connectivity index (χ4v) is 4.17. The fraction of sp³-hybridized carbons (Fsp3) is 0.545. The molecule has 8 nitrogen and oxygen atoms in total. The largest absolute Gasteiger partial charge is 0.478 e. The lowest BCUT2D eigenvalue weighted by molar-refractivity contribution is 0.0113. The number of carbonyl (C=O) groups excluding carboxylic acids is 1. The summed E-state index contributed by atoms with van der Waals surface area (Å²) in [6.45, 7) is 7.25. The van der Waals surface area contributed by atoms with Gasteiger partial charge in [0.1, 0.15) is 11.1 Å². The molecule has 160 valence electrons. The van der Waals surface area contributed by atoms with E-state index >= 15 is 0 Å². The van der Waals surface area contributed by atoms with E-state index in [0.29, 0.717) is 11.6 Å². The second-order valence-electron chi connectivity index (χ2n) is 9.07. The molecule has 4 rings (SSSR count). The summed E-state index contributed by atoms with van der Waals surface area (Å²) in [5.41, 5.74) is 1.01. The van der Waals surface area contributed by atoms with Crippen LogP contribution in [0.3, 0.4) is 0 Å². The molecule has 1 saturated heterocycles. The van der Waals surface area contributed by atoms with Gasteiger partial charge < -0.3 is 19.6 Å². The maximum Gasteiger partial charge on any atom is 0.410 e. The summed E-state index contributed by atoms with van der Waals surface area (Å²) in [5, 5.41) is 18.2. The smallest absolute Gasteiger partial charge is 0.410 e. The van der Waals surface area contributed by atoms with Crippen LogP contribution >= 0.6 is 0 Å². The molecule has 1 aromatic carbocycles. The SMILES string of the molecule is CC(C)(C)OC(=O)N(C1CC1)C1CCN(c2ccc(C(=O)O)c3nnccc23)CC1. The molecule has 1 aliphatic heterocycles. The average molecular weight is 412 g/mol. The van der Waals surface area contributed by atoms with Gasteiger partial charge in [-0.2, -0.15) is 5.10 Å². The molecule has 1 aliphatic carbocycles. The van der Waals surface area contributed by atoms with Crippen molar-refractivity contribution in [1.29, 1.82) is 0 Å². The molecule has 2 fully saturated rings. The van der Waals surface area contributed by atoms with Crippen LogP contribution in [0.5, 0.6) is 0 Å². The number of nitrogens with zero attached hydrogens (tertiary/aromatic N) is 4. The highest BCUT2D eigenvalue weighted by atomic mass is 16.6. The zero-order chi connectivity index (χ0) is 21.5. The van der Waals surface area contributed by atoms with Crippen LogP contribution in [-0.4, -0.2) is 63.0 Å². The molecular formula is C22H28N4O4. The number of fused-ring (bicyclic) bond motifs is 1. The summed E-state index contributed by atoms with van der Waals surface area (Å²) >= 11 is 0. The lowest BCUT2D eigenvalue weighted by Crippen LogP contribution is -2.50. The van der Waals surface area contributed by atoms with Gasteiger partial charge >= 0.3 is 12.1 Å². The van der Waals surface area contributed by atoms with Gasteiger partial charge in [0.2, 0.25) is 0 Å². The highest BCUT2D eigenvalue weighted by molar-refractivity contribution is 6.05. The molecule has 0 bridgehead atoms. The molecule has 30 heavy (non-hydrogen) atoms. The summed E-state index contributed by atoms with van der Waals surface area (Å²) in [7, 11) is 0. The van der Waals surface area contributed by atoms with Crippen LogP contribution < -0.4 is 4.90 Å². The number of hydrogen-bond donors (Lipinski definition) is 1. The van der Waals surface area contributed by atoms with Crippen molar-refractivity contribution < 1.29 is 19.4 Å². The second-order valence-corrected chi connectivity index (χ2v) is 9.07. The number of anilines is 1. The summed E-state index contributed by atoms with van der Waals surface area (Å²) in [6, 6.07) is 5.71. The number of hydrogen-bond acceptors (Lipinski definition) is 6. The number of aromatic carboxylic acids is 1. The molecule has 8 heteroatoms. The Balaban J connectivity index is 1.51.